The summed E-state index contributed by atoms with van der Waals surface area (Å²) in [6.07, 6.45) is -1.67. The summed E-state index contributed by atoms with van der Waals surface area (Å²) in [4.78, 5) is 7.88. The number of halogens is 3. The van der Waals surface area contributed by atoms with Gasteiger partial charge in [-0.15, -0.1) is 13.2 Å². The summed E-state index contributed by atoms with van der Waals surface area (Å²) < 4.78 is 39.9. The van der Waals surface area contributed by atoms with Crippen molar-refractivity contribution in [2.75, 3.05) is 0 Å². The number of benzene rings is 1. The lowest BCUT2D eigenvalue weighted by Crippen LogP contribution is -2.17. The molecule has 2 rings (SSSR count). The minimum atomic E-state index is -4.70. The molecule has 0 radical (unpaired) electrons. The van der Waals surface area contributed by atoms with Gasteiger partial charge in [0, 0.05) is 18.0 Å². The third-order valence-electron chi connectivity index (χ3n) is 1.89. The summed E-state index contributed by atoms with van der Waals surface area (Å²) in [5, 5.41) is 0. The molecule has 88 valence electrons. The zero-order valence-corrected chi connectivity index (χ0v) is 8.48. The first-order valence-electron chi connectivity index (χ1n) is 4.68. The van der Waals surface area contributed by atoms with E-state index in [4.69, 9.17) is 0 Å². The van der Waals surface area contributed by atoms with Crippen molar-refractivity contribution < 1.29 is 17.9 Å². The zero-order valence-electron chi connectivity index (χ0n) is 8.48. The molecular formula is C11H7F3N2O. The van der Waals surface area contributed by atoms with E-state index in [9.17, 15) is 13.2 Å². The van der Waals surface area contributed by atoms with Crippen LogP contribution in [0, 0.1) is 0 Å². The molecule has 0 spiro atoms. The van der Waals surface area contributed by atoms with E-state index < -0.39 is 6.36 Å². The third-order valence-corrected chi connectivity index (χ3v) is 1.89. The Labute approximate surface area is 94.9 Å². The number of hydrogen-bond donors (Lipinski definition) is 0. The largest absolute Gasteiger partial charge is 0.573 e. The number of hydrogen-bond acceptors (Lipinski definition) is 3. The maximum Gasteiger partial charge on any atom is 0.573 e. The van der Waals surface area contributed by atoms with Crippen LogP contribution in [0.4, 0.5) is 13.2 Å². The number of alkyl halides is 3. The van der Waals surface area contributed by atoms with Gasteiger partial charge < -0.3 is 4.74 Å². The Morgan fingerprint density at radius 2 is 1.71 bits per heavy atom. The highest BCUT2D eigenvalue weighted by atomic mass is 19.4. The van der Waals surface area contributed by atoms with Gasteiger partial charge in [-0.2, -0.15) is 0 Å². The van der Waals surface area contributed by atoms with Gasteiger partial charge in [-0.3, -0.25) is 0 Å². The number of ether oxygens (including phenoxy) is 1. The van der Waals surface area contributed by atoms with Crippen LogP contribution < -0.4 is 4.74 Å². The highest BCUT2D eigenvalue weighted by Gasteiger charge is 2.31. The van der Waals surface area contributed by atoms with E-state index in [2.05, 4.69) is 14.7 Å². The molecule has 0 unspecified atom stereocenters. The molecule has 0 saturated carbocycles. The van der Waals surface area contributed by atoms with Crippen molar-refractivity contribution in [2.24, 2.45) is 0 Å². The van der Waals surface area contributed by atoms with Gasteiger partial charge in [0.1, 0.15) is 5.75 Å². The van der Waals surface area contributed by atoms with Crippen LogP contribution in [-0.2, 0) is 0 Å². The smallest absolute Gasteiger partial charge is 0.406 e. The molecule has 0 bridgehead atoms. The van der Waals surface area contributed by atoms with Crippen molar-refractivity contribution in [1.29, 1.82) is 0 Å². The molecule has 0 aliphatic carbocycles. The van der Waals surface area contributed by atoms with Gasteiger partial charge in [-0.05, 0) is 18.2 Å². The van der Waals surface area contributed by atoms with Crippen LogP contribution in [0.5, 0.6) is 5.75 Å². The summed E-state index contributed by atoms with van der Waals surface area (Å²) in [5.41, 5.74) is 0.465. The van der Waals surface area contributed by atoms with Crippen molar-refractivity contribution in [3.63, 3.8) is 0 Å². The Bertz CT molecular complexity index is 500. The topological polar surface area (TPSA) is 35.0 Å². The number of aromatic nitrogens is 2. The maximum absolute atomic E-state index is 12.0. The van der Waals surface area contributed by atoms with Crippen molar-refractivity contribution in [3.05, 3.63) is 42.7 Å². The summed E-state index contributed by atoms with van der Waals surface area (Å²) in [6, 6.07) is 7.15. The molecule has 0 aliphatic heterocycles. The molecule has 0 saturated heterocycles. The summed E-state index contributed by atoms with van der Waals surface area (Å²) in [5.74, 6) is 0.0579. The van der Waals surface area contributed by atoms with Gasteiger partial charge in [0.25, 0.3) is 0 Å². The normalized spacial score (nSPS) is 11.2. The predicted octanol–water partition coefficient (Wildman–Crippen LogP) is 3.04. The zero-order chi connectivity index (χ0) is 12.3. The van der Waals surface area contributed by atoms with Crippen LogP contribution in [0.2, 0.25) is 0 Å². The van der Waals surface area contributed by atoms with Crippen LogP contribution in [-0.4, -0.2) is 16.3 Å². The van der Waals surface area contributed by atoms with E-state index in [-0.39, 0.29) is 5.75 Å². The van der Waals surface area contributed by atoms with Gasteiger partial charge in [0.05, 0.1) is 0 Å². The monoisotopic (exact) mass is 240 g/mol. The number of rotatable bonds is 2. The average molecular weight is 240 g/mol. The van der Waals surface area contributed by atoms with Crippen molar-refractivity contribution in [3.8, 4) is 17.1 Å². The first kappa shape index (κ1) is 11.4. The third kappa shape index (κ3) is 3.17. The maximum atomic E-state index is 12.0. The van der Waals surface area contributed by atoms with E-state index in [1.807, 2.05) is 0 Å². The quantitative estimate of drug-likeness (QED) is 0.809. The highest BCUT2D eigenvalue weighted by molar-refractivity contribution is 5.56. The molecule has 0 aliphatic rings. The first-order chi connectivity index (χ1) is 8.04. The Kier molecular flexibility index (Phi) is 2.95. The molecule has 6 heteroatoms. The van der Waals surface area contributed by atoms with Gasteiger partial charge in [0.2, 0.25) is 0 Å². The standard InChI is InChI=1S/C11H7F3N2O/c12-11(13,14)17-9-4-1-3-8(7-9)10-15-5-2-6-16-10/h1-7H. The van der Waals surface area contributed by atoms with E-state index >= 15 is 0 Å². The molecule has 1 heterocycles. The second-order valence-electron chi connectivity index (χ2n) is 3.15. The lowest BCUT2D eigenvalue weighted by atomic mass is 10.2. The SMILES string of the molecule is FC(F)(F)Oc1cccc(-c2ncccn2)c1. The Morgan fingerprint density at radius 3 is 2.35 bits per heavy atom. The van der Waals surface area contributed by atoms with Crippen molar-refractivity contribution in [1.82, 2.24) is 9.97 Å². The molecule has 2 aromatic rings. The Morgan fingerprint density at radius 1 is 1.00 bits per heavy atom. The van der Waals surface area contributed by atoms with E-state index in [1.54, 1.807) is 12.1 Å². The summed E-state index contributed by atoms with van der Waals surface area (Å²) in [7, 11) is 0. The molecule has 0 atom stereocenters. The van der Waals surface area contributed by atoms with Crippen LogP contribution in [0.1, 0.15) is 0 Å². The lowest BCUT2D eigenvalue weighted by molar-refractivity contribution is -0.274. The van der Waals surface area contributed by atoms with Gasteiger partial charge in [-0.25, -0.2) is 9.97 Å². The Hall–Kier alpha value is -2.11. The van der Waals surface area contributed by atoms with Gasteiger partial charge in [-0.1, -0.05) is 12.1 Å². The van der Waals surface area contributed by atoms with Crippen molar-refractivity contribution >= 4 is 0 Å². The molecule has 0 amide bonds. The van der Waals surface area contributed by atoms with E-state index in [0.29, 0.717) is 11.4 Å². The molecule has 1 aromatic carbocycles. The first-order valence-corrected chi connectivity index (χ1v) is 4.68. The summed E-state index contributed by atoms with van der Waals surface area (Å²) >= 11 is 0. The average Bonchev–Trinajstić information content (AvgIpc) is 2.28. The molecule has 0 N–H and O–H groups in total. The fraction of sp³-hybridized carbons (Fsp3) is 0.0909. The minimum absolute atomic E-state index is 0.289. The lowest BCUT2D eigenvalue weighted by Gasteiger charge is -2.09. The van der Waals surface area contributed by atoms with Gasteiger partial charge in [0.15, 0.2) is 5.82 Å². The van der Waals surface area contributed by atoms with Crippen LogP contribution in [0.15, 0.2) is 42.7 Å². The Balaban J connectivity index is 2.29. The van der Waals surface area contributed by atoms with Crippen LogP contribution >= 0.6 is 0 Å². The molecule has 0 fully saturated rings. The van der Waals surface area contributed by atoms with E-state index in [1.165, 1.54) is 30.6 Å². The number of nitrogens with zero attached hydrogens (tertiary/aromatic N) is 2. The predicted molar refractivity (Wildman–Crippen MR) is 54.2 cm³/mol. The fourth-order valence-electron chi connectivity index (χ4n) is 1.28. The molecule has 3 nitrogen and oxygen atoms in total. The van der Waals surface area contributed by atoms with Crippen LogP contribution in [0.3, 0.4) is 0 Å². The second kappa shape index (κ2) is 4.40. The molecule has 17 heavy (non-hydrogen) atoms. The minimum Gasteiger partial charge on any atom is -0.406 e. The van der Waals surface area contributed by atoms with Gasteiger partial charge >= 0.3 is 6.36 Å². The molecule has 1 aromatic heterocycles. The van der Waals surface area contributed by atoms with E-state index in [0.717, 1.165) is 0 Å². The summed E-state index contributed by atoms with van der Waals surface area (Å²) in [6.45, 7) is 0. The van der Waals surface area contributed by atoms with Crippen molar-refractivity contribution in [2.45, 2.75) is 6.36 Å². The fourth-order valence-corrected chi connectivity index (χ4v) is 1.28. The highest BCUT2D eigenvalue weighted by Crippen LogP contribution is 2.26. The van der Waals surface area contributed by atoms with Crippen LogP contribution in [0.25, 0.3) is 11.4 Å². The second-order valence-corrected chi connectivity index (χ2v) is 3.15. The molecular weight excluding hydrogens is 233 g/mol.